The fourth-order valence-corrected chi connectivity index (χ4v) is 4.34. The summed E-state index contributed by atoms with van der Waals surface area (Å²) in [5, 5.41) is 3.87. The molecule has 2 aliphatic rings. The number of rotatable bonds is 5. The highest BCUT2D eigenvalue weighted by Crippen LogP contribution is 2.32. The van der Waals surface area contributed by atoms with E-state index >= 15 is 0 Å². The van der Waals surface area contributed by atoms with E-state index < -0.39 is 11.7 Å². The number of carbonyl (C=O) groups is 2. The van der Waals surface area contributed by atoms with Crippen LogP contribution in [0.4, 0.5) is 13.2 Å². The van der Waals surface area contributed by atoms with Gasteiger partial charge in [-0.15, -0.1) is 0 Å². The first-order valence-electron chi connectivity index (χ1n) is 11.5. The number of benzene rings is 1. The molecule has 2 aliphatic heterocycles. The number of halogens is 3. The number of likely N-dealkylation sites (tertiary alicyclic amines) is 1. The Hall–Kier alpha value is -2.95. The van der Waals surface area contributed by atoms with Crippen molar-refractivity contribution in [3.63, 3.8) is 0 Å². The Morgan fingerprint density at radius 3 is 2.62 bits per heavy atom. The van der Waals surface area contributed by atoms with Crippen molar-refractivity contribution in [3.8, 4) is 11.4 Å². The van der Waals surface area contributed by atoms with Gasteiger partial charge in [-0.25, -0.2) is 0 Å². The summed E-state index contributed by atoms with van der Waals surface area (Å²) in [5.41, 5.74) is -0.539. The van der Waals surface area contributed by atoms with Crippen LogP contribution < -0.4 is 0 Å². The molecule has 2 aromatic rings. The zero-order valence-electron chi connectivity index (χ0n) is 19.1. The van der Waals surface area contributed by atoms with Crippen LogP contribution in [0.25, 0.3) is 11.4 Å². The summed E-state index contributed by atoms with van der Waals surface area (Å²) in [6.45, 7) is 4.84. The van der Waals surface area contributed by atoms with E-state index in [1.54, 1.807) is 9.80 Å². The molecule has 1 aromatic carbocycles. The second-order valence-electron chi connectivity index (χ2n) is 8.75. The predicted octanol–water partition coefficient (Wildman–Crippen LogP) is 3.36. The van der Waals surface area contributed by atoms with Crippen LogP contribution in [0.3, 0.4) is 0 Å². The van der Waals surface area contributed by atoms with E-state index in [1.165, 1.54) is 12.1 Å². The van der Waals surface area contributed by atoms with Gasteiger partial charge in [0.2, 0.25) is 23.5 Å². The van der Waals surface area contributed by atoms with Crippen molar-refractivity contribution in [2.75, 3.05) is 39.3 Å². The highest BCUT2D eigenvalue weighted by atomic mass is 19.4. The van der Waals surface area contributed by atoms with Crippen molar-refractivity contribution >= 4 is 11.8 Å². The Morgan fingerprint density at radius 2 is 1.88 bits per heavy atom. The number of piperazine rings is 1. The average molecular weight is 480 g/mol. The van der Waals surface area contributed by atoms with E-state index in [-0.39, 0.29) is 35.8 Å². The van der Waals surface area contributed by atoms with E-state index in [2.05, 4.69) is 15.0 Å². The normalized spacial score (nSPS) is 19.2. The van der Waals surface area contributed by atoms with E-state index in [1.807, 2.05) is 6.92 Å². The molecule has 2 fully saturated rings. The largest absolute Gasteiger partial charge is 0.416 e. The number of alkyl halides is 3. The van der Waals surface area contributed by atoms with Crippen LogP contribution in [0.5, 0.6) is 0 Å². The lowest BCUT2D eigenvalue weighted by atomic mass is 10.1. The third kappa shape index (κ3) is 5.57. The maximum atomic E-state index is 13.0. The summed E-state index contributed by atoms with van der Waals surface area (Å²) < 4.78 is 44.3. The molecule has 0 radical (unpaired) electrons. The van der Waals surface area contributed by atoms with Crippen molar-refractivity contribution in [3.05, 3.63) is 35.7 Å². The molecular weight excluding hydrogens is 451 g/mol. The molecule has 0 saturated carbocycles. The van der Waals surface area contributed by atoms with Crippen LogP contribution in [0.15, 0.2) is 28.8 Å². The summed E-state index contributed by atoms with van der Waals surface area (Å²) >= 11 is 0. The summed E-state index contributed by atoms with van der Waals surface area (Å²) in [4.78, 5) is 34.7. The lowest BCUT2D eigenvalue weighted by molar-refractivity contribution is -0.141. The fourth-order valence-electron chi connectivity index (χ4n) is 4.34. The van der Waals surface area contributed by atoms with E-state index in [0.717, 1.165) is 31.4 Å². The summed E-state index contributed by atoms with van der Waals surface area (Å²) in [7, 11) is 0. The molecule has 0 N–H and O–H groups in total. The fraction of sp³-hybridized carbons (Fsp3) is 0.565. The van der Waals surface area contributed by atoms with Gasteiger partial charge in [-0.3, -0.25) is 14.5 Å². The first kappa shape index (κ1) is 24.2. The van der Waals surface area contributed by atoms with Crippen molar-refractivity contribution < 1.29 is 27.3 Å². The Kier molecular flexibility index (Phi) is 7.20. The number of hydrogen-bond donors (Lipinski definition) is 0. The number of amides is 2. The smallest absolute Gasteiger partial charge is 0.339 e. The zero-order valence-corrected chi connectivity index (χ0v) is 19.1. The van der Waals surface area contributed by atoms with E-state index in [4.69, 9.17) is 4.52 Å². The monoisotopic (exact) mass is 479 g/mol. The average Bonchev–Trinajstić information content (AvgIpc) is 3.24. The zero-order chi connectivity index (χ0) is 24.3. The molecule has 3 heterocycles. The standard InChI is InChI=1S/C23H28F3N5O3/c1-16(22-27-21(28-34-22)17-6-5-7-18(14-17)23(24,25)26)29-10-12-30(13-11-29)20(33)15-31-9-4-2-3-8-19(31)32/h5-7,14,16H,2-4,8-13,15H2,1H3. The molecule has 34 heavy (non-hydrogen) atoms. The van der Waals surface area contributed by atoms with Crippen LogP contribution in [0.1, 0.15) is 50.1 Å². The predicted molar refractivity (Wildman–Crippen MR) is 116 cm³/mol. The van der Waals surface area contributed by atoms with Gasteiger partial charge in [0.05, 0.1) is 18.2 Å². The molecule has 1 atom stereocenters. The van der Waals surface area contributed by atoms with Gasteiger partial charge in [0, 0.05) is 44.7 Å². The third-order valence-electron chi connectivity index (χ3n) is 6.46. The number of aromatic nitrogens is 2. The van der Waals surface area contributed by atoms with Crippen molar-refractivity contribution in [2.45, 2.75) is 44.8 Å². The van der Waals surface area contributed by atoms with Gasteiger partial charge in [-0.2, -0.15) is 18.2 Å². The molecule has 11 heteroatoms. The van der Waals surface area contributed by atoms with Gasteiger partial charge in [-0.05, 0) is 31.9 Å². The minimum Gasteiger partial charge on any atom is -0.339 e. The molecule has 184 valence electrons. The maximum Gasteiger partial charge on any atom is 0.416 e. The first-order chi connectivity index (χ1) is 16.2. The van der Waals surface area contributed by atoms with E-state index in [0.29, 0.717) is 45.0 Å². The van der Waals surface area contributed by atoms with Gasteiger partial charge < -0.3 is 14.3 Å². The van der Waals surface area contributed by atoms with Gasteiger partial charge in [-0.1, -0.05) is 23.7 Å². The van der Waals surface area contributed by atoms with Gasteiger partial charge in [0.1, 0.15) is 0 Å². The minimum atomic E-state index is -4.45. The maximum absolute atomic E-state index is 13.0. The molecule has 1 aromatic heterocycles. The molecular formula is C23H28F3N5O3. The van der Waals surface area contributed by atoms with Crippen molar-refractivity contribution in [1.82, 2.24) is 24.8 Å². The minimum absolute atomic E-state index is 0.0473. The Bertz CT molecular complexity index is 1020. The lowest BCUT2D eigenvalue weighted by Crippen LogP contribution is -2.52. The van der Waals surface area contributed by atoms with Gasteiger partial charge >= 0.3 is 6.18 Å². The molecule has 2 amide bonds. The third-order valence-corrected chi connectivity index (χ3v) is 6.46. The molecule has 1 unspecified atom stereocenters. The Balaban J connectivity index is 1.33. The number of nitrogens with zero attached hydrogens (tertiary/aromatic N) is 5. The van der Waals surface area contributed by atoms with Crippen LogP contribution in [-0.2, 0) is 15.8 Å². The molecule has 0 aliphatic carbocycles. The molecule has 0 spiro atoms. The van der Waals surface area contributed by atoms with Crippen LogP contribution in [-0.4, -0.2) is 75.9 Å². The van der Waals surface area contributed by atoms with Crippen molar-refractivity contribution in [1.29, 1.82) is 0 Å². The SMILES string of the molecule is CC(c1nc(-c2cccc(C(F)(F)F)c2)no1)N1CCN(C(=O)CN2CCCCCC2=O)CC1. The van der Waals surface area contributed by atoms with Gasteiger partial charge in [0.25, 0.3) is 0 Å². The second-order valence-corrected chi connectivity index (χ2v) is 8.75. The first-order valence-corrected chi connectivity index (χ1v) is 11.5. The lowest BCUT2D eigenvalue weighted by Gasteiger charge is -2.37. The van der Waals surface area contributed by atoms with E-state index in [9.17, 15) is 22.8 Å². The van der Waals surface area contributed by atoms with Crippen LogP contribution in [0.2, 0.25) is 0 Å². The molecule has 8 nitrogen and oxygen atoms in total. The number of hydrogen-bond acceptors (Lipinski definition) is 6. The summed E-state index contributed by atoms with van der Waals surface area (Å²) in [6, 6.07) is 4.56. The molecule has 0 bridgehead atoms. The highest BCUT2D eigenvalue weighted by Gasteiger charge is 2.32. The molecule has 4 rings (SSSR count). The summed E-state index contributed by atoms with van der Waals surface area (Å²) in [6.07, 6.45) is -1.13. The molecule has 2 saturated heterocycles. The van der Waals surface area contributed by atoms with Gasteiger partial charge in [0.15, 0.2) is 0 Å². The van der Waals surface area contributed by atoms with Crippen LogP contribution in [0, 0.1) is 0 Å². The van der Waals surface area contributed by atoms with Crippen molar-refractivity contribution in [2.24, 2.45) is 0 Å². The topological polar surface area (TPSA) is 82.8 Å². The summed E-state index contributed by atoms with van der Waals surface area (Å²) in [5.74, 6) is 0.407. The highest BCUT2D eigenvalue weighted by molar-refractivity contribution is 5.85. The quantitative estimate of drug-likeness (QED) is 0.654. The number of carbonyl (C=O) groups excluding carboxylic acids is 2. The Morgan fingerprint density at radius 1 is 1.12 bits per heavy atom. The Labute approximate surface area is 195 Å². The van der Waals surface area contributed by atoms with Crippen LogP contribution >= 0.6 is 0 Å². The second kappa shape index (κ2) is 10.1.